The summed E-state index contributed by atoms with van der Waals surface area (Å²) in [6.07, 6.45) is 0. The van der Waals surface area contributed by atoms with Crippen molar-refractivity contribution in [2.75, 3.05) is 0 Å². The molecule has 31 valence electrons. The van der Waals surface area contributed by atoms with E-state index >= 15 is 0 Å². The van der Waals surface area contributed by atoms with Gasteiger partial charge in [0.25, 0.3) is 0 Å². The van der Waals surface area contributed by atoms with E-state index in [1.807, 2.05) is 0 Å². The van der Waals surface area contributed by atoms with Crippen LogP contribution in [0.5, 0.6) is 0 Å². The van der Waals surface area contributed by atoms with E-state index in [-0.39, 0.29) is 0 Å². The summed E-state index contributed by atoms with van der Waals surface area (Å²) in [4.78, 5) is 0. The average Bonchev–Trinajstić information content (AvgIpc) is 1.69. The molecule has 1 saturated heterocycles. The highest BCUT2D eigenvalue weighted by Crippen LogP contribution is 1.77. The summed E-state index contributed by atoms with van der Waals surface area (Å²) >= 11 is 0. The molecule has 0 aromatic rings. The van der Waals surface area contributed by atoms with E-state index in [4.69, 9.17) is 0 Å². The van der Waals surface area contributed by atoms with Gasteiger partial charge in [0, 0.05) is 50.6 Å². The molecule has 11 radical (unpaired) electrons. The SMILES string of the molecule is C[Si]1[Si][Si][Si][Si][Si]1. The van der Waals surface area contributed by atoms with Gasteiger partial charge in [0.2, 0.25) is 0 Å². The molecule has 1 heterocycles. The standard InChI is InChI=1S/CH3Si6/c1-7-5-3-2-4-6-7/h1H3. The van der Waals surface area contributed by atoms with Crippen LogP contribution in [0.15, 0.2) is 0 Å². The third kappa shape index (κ3) is 2.37. The molecule has 0 aromatic carbocycles. The highest BCUT2D eigenvalue weighted by Gasteiger charge is 2.10. The van der Waals surface area contributed by atoms with Crippen molar-refractivity contribution in [1.82, 2.24) is 0 Å². The van der Waals surface area contributed by atoms with Crippen LogP contribution in [-0.4, -0.2) is 50.6 Å². The molecule has 0 aliphatic carbocycles. The molecule has 0 bridgehead atoms. The van der Waals surface area contributed by atoms with E-state index < -0.39 is 0 Å². The lowest BCUT2D eigenvalue weighted by Crippen LogP contribution is -2.46. The normalized spacial score (nSPS) is 25.3. The number of rotatable bonds is 0. The Morgan fingerprint density at radius 3 is 1.86 bits per heavy atom. The lowest BCUT2D eigenvalue weighted by Gasteiger charge is -2.10. The second-order valence-corrected chi connectivity index (χ2v) is 24.8. The van der Waals surface area contributed by atoms with Gasteiger partial charge in [-0.2, -0.15) is 0 Å². The maximum Gasteiger partial charge on any atom is 0.0112 e. The van der Waals surface area contributed by atoms with Crippen molar-refractivity contribution >= 4 is 50.6 Å². The van der Waals surface area contributed by atoms with Crippen LogP contribution < -0.4 is 0 Å². The van der Waals surface area contributed by atoms with Crippen LogP contribution in [0.3, 0.4) is 0 Å². The first-order chi connectivity index (χ1) is 3.39. The Kier molecular flexibility index (Phi) is 3.07. The van der Waals surface area contributed by atoms with E-state index in [1.165, 1.54) is 42.8 Å². The predicted molar refractivity (Wildman–Crippen MR) is 40.4 cm³/mol. The van der Waals surface area contributed by atoms with E-state index in [9.17, 15) is 0 Å². The summed E-state index contributed by atoms with van der Waals surface area (Å²) in [7, 11) is 7.37. The summed E-state index contributed by atoms with van der Waals surface area (Å²) in [6.45, 7) is 2.51. The lowest BCUT2D eigenvalue weighted by atomic mass is 11.9. The molecule has 0 unspecified atom stereocenters. The van der Waals surface area contributed by atoms with Crippen LogP contribution in [0, 0.1) is 0 Å². The second kappa shape index (κ2) is 3.35. The van der Waals surface area contributed by atoms with Crippen LogP contribution >= 0.6 is 0 Å². The Morgan fingerprint density at radius 2 is 1.57 bits per heavy atom. The highest BCUT2D eigenvalue weighted by atomic mass is 30.1. The molecule has 0 saturated carbocycles. The van der Waals surface area contributed by atoms with E-state index in [1.54, 1.807) is 0 Å². The van der Waals surface area contributed by atoms with Gasteiger partial charge in [0.15, 0.2) is 0 Å². The highest BCUT2D eigenvalue weighted by molar-refractivity contribution is 7.79. The minimum atomic E-state index is 0.294. The summed E-state index contributed by atoms with van der Waals surface area (Å²) < 4.78 is 0. The monoisotopic (exact) mass is 183 g/mol. The first-order valence-corrected chi connectivity index (χ1v) is 15.0. The Balaban J connectivity index is 2.12. The van der Waals surface area contributed by atoms with Crippen LogP contribution in [0.1, 0.15) is 0 Å². The topological polar surface area (TPSA) is 0 Å². The number of hydrogen-bond acceptors (Lipinski definition) is 0. The van der Waals surface area contributed by atoms with Gasteiger partial charge < -0.3 is 0 Å². The van der Waals surface area contributed by atoms with Gasteiger partial charge in [0.05, 0.1) is 0 Å². The zero-order chi connectivity index (χ0) is 5.11. The first-order valence-electron chi connectivity index (χ1n) is 2.00. The Morgan fingerprint density at radius 1 is 1.00 bits per heavy atom. The average molecular weight is 184 g/mol. The lowest BCUT2D eigenvalue weighted by molar-refractivity contribution is 2.33. The minimum Gasteiger partial charge on any atom is -0.0763 e. The molecule has 1 rings (SSSR count). The van der Waals surface area contributed by atoms with E-state index in [0.717, 1.165) is 0 Å². The Hall–Kier alpha value is 1.30. The molecule has 0 spiro atoms. The molecular weight excluding hydrogens is 181 g/mol. The van der Waals surface area contributed by atoms with E-state index in [0.29, 0.717) is 7.83 Å². The molecular formula is CH3Si6. The van der Waals surface area contributed by atoms with Crippen LogP contribution in [0.25, 0.3) is 0 Å². The van der Waals surface area contributed by atoms with Crippen LogP contribution in [0.4, 0.5) is 0 Å². The summed E-state index contributed by atoms with van der Waals surface area (Å²) in [5.41, 5.74) is 0. The van der Waals surface area contributed by atoms with Gasteiger partial charge in [-0.05, 0) is 0 Å². The molecule has 7 heavy (non-hydrogen) atoms. The van der Waals surface area contributed by atoms with Crippen molar-refractivity contribution < 1.29 is 0 Å². The zero-order valence-corrected chi connectivity index (χ0v) is 10.0. The molecule has 1 aliphatic heterocycles. The molecule has 0 atom stereocenters. The van der Waals surface area contributed by atoms with Crippen molar-refractivity contribution in [2.24, 2.45) is 0 Å². The second-order valence-electron chi connectivity index (χ2n) is 1.25. The van der Waals surface area contributed by atoms with Gasteiger partial charge in [-0.1, -0.05) is 6.55 Å². The molecule has 0 nitrogen and oxygen atoms in total. The third-order valence-corrected chi connectivity index (χ3v) is 37.1. The molecule has 1 fully saturated rings. The Bertz CT molecular complexity index is 46.1. The minimum absolute atomic E-state index is 0.294. The van der Waals surface area contributed by atoms with Crippen molar-refractivity contribution in [3.05, 3.63) is 0 Å². The van der Waals surface area contributed by atoms with Gasteiger partial charge in [-0.3, -0.25) is 0 Å². The fraction of sp³-hybridized carbons (Fsp3) is 1.00. The molecule has 0 amide bonds. The van der Waals surface area contributed by atoms with Crippen molar-refractivity contribution in [2.45, 2.75) is 6.55 Å². The van der Waals surface area contributed by atoms with Crippen molar-refractivity contribution in [3.63, 3.8) is 0 Å². The van der Waals surface area contributed by atoms with Crippen LogP contribution in [-0.2, 0) is 0 Å². The summed E-state index contributed by atoms with van der Waals surface area (Å²) in [5.74, 6) is 0. The zero-order valence-electron chi connectivity index (χ0n) is 4.00. The molecule has 0 N–H and O–H groups in total. The van der Waals surface area contributed by atoms with Gasteiger partial charge in [0.1, 0.15) is 0 Å². The quantitative estimate of drug-likeness (QED) is 0.393. The summed E-state index contributed by atoms with van der Waals surface area (Å²) in [6, 6.07) is 0. The van der Waals surface area contributed by atoms with Crippen LogP contribution in [0.2, 0.25) is 6.55 Å². The molecule has 0 aromatic heterocycles. The predicted octanol–water partition coefficient (Wildman–Crippen LogP) is -1.70. The van der Waals surface area contributed by atoms with Crippen molar-refractivity contribution in [1.29, 1.82) is 0 Å². The molecule has 1 aliphatic rings. The van der Waals surface area contributed by atoms with Gasteiger partial charge >= 0.3 is 0 Å². The van der Waals surface area contributed by atoms with Gasteiger partial charge in [-0.25, -0.2) is 0 Å². The largest absolute Gasteiger partial charge is 0.0763 e. The van der Waals surface area contributed by atoms with Crippen molar-refractivity contribution in [3.8, 4) is 0 Å². The number of hydrogen-bond donors (Lipinski definition) is 0. The fourth-order valence-corrected chi connectivity index (χ4v) is 55.7. The van der Waals surface area contributed by atoms with E-state index in [2.05, 4.69) is 6.55 Å². The first kappa shape index (κ1) is 6.42. The maximum absolute atomic E-state index is 2.51. The smallest absolute Gasteiger partial charge is 0.0112 e. The Labute approximate surface area is 57.3 Å². The molecule has 6 heteroatoms. The summed E-state index contributed by atoms with van der Waals surface area (Å²) in [5, 5.41) is 0. The maximum atomic E-state index is 2.51. The van der Waals surface area contributed by atoms with Gasteiger partial charge in [-0.15, -0.1) is 0 Å². The third-order valence-electron chi connectivity index (χ3n) is 0.625. The fourth-order valence-electron chi connectivity index (χ4n) is 0.312.